The van der Waals surface area contributed by atoms with Crippen molar-refractivity contribution in [2.75, 3.05) is 25.6 Å². The lowest BCUT2D eigenvalue weighted by atomic mass is 10.0. The fourth-order valence-corrected chi connectivity index (χ4v) is 2.67. The van der Waals surface area contributed by atoms with Gasteiger partial charge in [0.2, 0.25) is 5.78 Å². The number of benzene rings is 2. The van der Waals surface area contributed by atoms with Crippen LogP contribution in [0.25, 0.3) is 0 Å². The van der Waals surface area contributed by atoms with E-state index >= 15 is 0 Å². The molecule has 2 rings (SSSR count). The monoisotopic (exact) mass is 400 g/mol. The number of aryl methyl sites for hydroxylation is 1. The van der Waals surface area contributed by atoms with Crippen LogP contribution in [0.1, 0.15) is 40.1 Å². The lowest BCUT2D eigenvalue weighted by molar-refractivity contribution is -0.384. The third-order valence-electron chi connectivity index (χ3n) is 4.36. The topological polar surface area (TPSA) is 108 Å². The van der Waals surface area contributed by atoms with Crippen LogP contribution in [0.5, 0.6) is 0 Å². The molecule has 0 aliphatic rings. The molecule has 1 atom stereocenters. The molecule has 1 N–H and O–H groups in total. The molecule has 0 radical (unpaired) electrons. The average molecular weight is 400 g/mol. The van der Waals surface area contributed by atoms with E-state index < -0.39 is 17.0 Å². The quantitative estimate of drug-likeness (QED) is 0.213. The zero-order valence-corrected chi connectivity index (χ0v) is 16.6. The molecule has 8 heteroatoms. The second kappa shape index (κ2) is 10.3. The van der Waals surface area contributed by atoms with Crippen molar-refractivity contribution in [3.63, 3.8) is 0 Å². The van der Waals surface area contributed by atoms with Gasteiger partial charge in [0.05, 0.1) is 17.1 Å². The van der Waals surface area contributed by atoms with Crippen LogP contribution in [-0.4, -0.2) is 43.0 Å². The molecule has 2 aromatic rings. The second-order valence-electron chi connectivity index (χ2n) is 6.37. The molecule has 0 heterocycles. The van der Waals surface area contributed by atoms with Gasteiger partial charge >= 0.3 is 5.97 Å². The van der Waals surface area contributed by atoms with Crippen molar-refractivity contribution in [2.24, 2.45) is 0 Å². The number of anilines is 1. The largest absolute Gasteiger partial charge is 0.451 e. The molecule has 0 unspecified atom stereocenters. The first-order valence-corrected chi connectivity index (χ1v) is 9.22. The van der Waals surface area contributed by atoms with Crippen molar-refractivity contribution in [3.8, 4) is 0 Å². The number of hydrogen-bond acceptors (Lipinski definition) is 7. The number of carbonyl (C=O) groups is 2. The van der Waals surface area contributed by atoms with Crippen LogP contribution < -0.4 is 5.32 Å². The van der Waals surface area contributed by atoms with Crippen LogP contribution in [0.15, 0.2) is 42.5 Å². The van der Waals surface area contributed by atoms with Gasteiger partial charge in [-0.15, -0.1) is 0 Å². The molecule has 154 valence electrons. The lowest BCUT2D eigenvalue weighted by Gasteiger charge is -2.15. The van der Waals surface area contributed by atoms with Gasteiger partial charge in [-0.05, 0) is 25.0 Å². The summed E-state index contributed by atoms with van der Waals surface area (Å²) in [7, 11) is 1.53. The van der Waals surface area contributed by atoms with Crippen LogP contribution in [0.4, 0.5) is 11.4 Å². The normalized spacial score (nSPS) is 11.6. The Hall–Kier alpha value is -3.26. The van der Waals surface area contributed by atoms with Gasteiger partial charge in [-0.1, -0.05) is 31.2 Å². The van der Waals surface area contributed by atoms with Gasteiger partial charge in [0.15, 0.2) is 6.10 Å². The molecule has 0 aliphatic heterocycles. The van der Waals surface area contributed by atoms with Crippen molar-refractivity contribution < 1.29 is 24.0 Å². The Bertz CT molecular complexity index is 879. The van der Waals surface area contributed by atoms with Crippen LogP contribution >= 0.6 is 0 Å². The highest BCUT2D eigenvalue weighted by Gasteiger charge is 2.24. The summed E-state index contributed by atoms with van der Waals surface area (Å²) in [5.74, 6) is -1.17. The highest BCUT2D eigenvalue weighted by Crippen LogP contribution is 2.24. The maximum absolute atomic E-state index is 12.7. The number of hydrogen-bond donors (Lipinski definition) is 1. The molecular formula is C21H24N2O6. The third-order valence-corrected chi connectivity index (χ3v) is 4.36. The molecule has 29 heavy (non-hydrogen) atoms. The van der Waals surface area contributed by atoms with E-state index in [0.29, 0.717) is 24.4 Å². The van der Waals surface area contributed by atoms with E-state index in [2.05, 4.69) is 5.32 Å². The third kappa shape index (κ3) is 5.86. The van der Waals surface area contributed by atoms with Crippen LogP contribution in [0.2, 0.25) is 0 Å². The number of methoxy groups -OCH3 is 1. The first kappa shape index (κ1) is 22.0. The molecule has 2 aromatic carbocycles. The Morgan fingerprint density at radius 3 is 2.45 bits per heavy atom. The predicted molar refractivity (Wildman–Crippen MR) is 108 cm³/mol. The van der Waals surface area contributed by atoms with Crippen LogP contribution in [-0.2, 0) is 15.9 Å². The first-order chi connectivity index (χ1) is 13.9. The van der Waals surface area contributed by atoms with E-state index in [0.717, 1.165) is 18.1 Å². The standard InChI is InChI=1S/C21H24N2O6/c1-4-15-5-7-16(8-6-15)20(24)14(2)29-21(25)18-13-17(23(26)27)9-10-19(18)22-11-12-28-3/h5-10,13-14,22H,4,11-12H2,1-3H3/t14-/m1/s1. The highest BCUT2D eigenvalue weighted by atomic mass is 16.6. The minimum absolute atomic E-state index is 0.0173. The van der Waals surface area contributed by atoms with Crippen molar-refractivity contribution in [1.82, 2.24) is 0 Å². The first-order valence-electron chi connectivity index (χ1n) is 9.22. The number of ether oxygens (including phenoxy) is 2. The summed E-state index contributed by atoms with van der Waals surface area (Å²) < 4.78 is 10.3. The number of nitro groups is 1. The Balaban J connectivity index is 2.19. The number of Topliss-reactive ketones (excluding diaryl/α,β-unsaturated/α-hetero) is 1. The maximum atomic E-state index is 12.7. The van der Waals surface area contributed by atoms with E-state index in [1.54, 1.807) is 12.1 Å². The molecule has 0 amide bonds. The van der Waals surface area contributed by atoms with Crippen molar-refractivity contribution in [3.05, 3.63) is 69.3 Å². The Morgan fingerprint density at radius 2 is 1.86 bits per heavy atom. The maximum Gasteiger partial charge on any atom is 0.341 e. The summed E-state index contributed by atoms with van der Waals surface area (Å²) in [6, 6.07) is 10.9. The number of nitro benzene ring substituents is 1. The minimum atomic E-state index is -1.04. The smallest absolute Gasteiger partial charge is 0.341 e. The summed E-state index contributed by atoms with van der Waals surface area (Å²) in [6.45, 7) is 4.27. The van der Waals surface area contributed by atoms with Gasteiger partial charge in [0.25, 0.3) is 5.69 Å². The predicted octanol–water partition coefficient (Wildman–Crippen LogP) is 3.64. The Morgan fingerprint density at radius 1 is 1.17 bits per heavy atom. The highest BCUT2D eigenvalue weighted by molar-refractivity contribution is 6.02. The van der Waals surface area contributed by atoms with Gasteiger partial charge in [-0.2, -0.15) is 0 Å². The molecule has 0 aliphatic carbocycles. The van der Waals surface area contributed by atoms with Gasteiger partial charge in [0, 0.05) is 37.0 Å². The zero-order valence-electron chi connectivity index (χ0n) is 16.6. The molecule has 0 bridgehead atoms. The lowest BCUT2D eigenvalue weighted by Crippen LogP contribution is -2.25. The minimum Gasteiger partial charge on any atom is -0.451 e. The van der Waals surface area contributed by atoms with E-state index in [4.69, 9.17) is 9.47 Å². The summed E-state index contributed by atoms with van der Waals surface area (Å²) >= 11 is 0. The molecule has 0 saturated heterocycles. The van der Waals surface area contributed by atoms with Crippen LogP contribution in [0, 0.1) is 10.1 Å². The fourth-order valence-electron chi connectivity index (χ4n) is 2.67. The van der Waals surface area contributed by atoms with Gasteiger partial charge in [-0.3, -0.25) is 14.9 Å². The van der Waals surface area contributed by atoms with Crippen molar-refractivity contribution in [2.45, 2.75) is 26.4 Å². The summed E-state index contributed by atoms with van der Waals surface area (Å²) in [4.78, 5) is 35.7. The SMILES string of the molecule is CCc1ccc(C(=O)[C@@H](C)OC(=O)c2cc([N+](=O)[O-])ccc2NCCOC)cc1. The number of carbonyl (C=O) groups excluding carboxylic acids is 2. The zero-order chi connectivity index (χ0) is 21.4. The number of nitrogens with one attached hydrogen (secondary N) is 1. The summed E-state index contributed by atoms with van der Waals surface area (Å²) in [5, 5.41) is 14.0. The van der Waals surface area contributed by atoms with E-state index in [1.165, 1.54) is 26.2 Å². The Labute approximate surface area is 169 Å². The average Bonchev–Trinajstić information content (AvgIpc) is 2.73. The van der Waals surface area contributed by atoms with Gasteiger partial charge < -0.3 is 14.8 Å². The van der Waals surface area contributed by atoms with Crippen molar-refractivity contribution >= 4 is 23.1 Å². The van der Waals surface area contributed by atoms with Crippen LogP contribution in [0.3, 0.4) is 0 Å². The number of nitrogens with zero attached hydrogens (tertiary/aromatic N) is 1. The molecule has 8 nitrogen and oxygen atoms in total. The number of non-ortho nitro benzene ring substituents is 1. The Kier molecular flexibility index (Phi) is 7.85. The second-order valence-corrected chi connectivity index (χ2v) is 6.37. The summed E-state index contributed by atoms with van der Waals surface area (Å²) in [6.07, 6.45) is -0.189. The summed E-state index contributed by atoms with van der Waals surface area (Å²) in [5.41, 5.74) is 1.62. The van der Waals surface area contributed by atoms with Gasteiger partial charge in [-0.25, -0.2) is 4.79 Å². The fraction of sp³-hybridized carbons (Fsp3) is 0.333. The van der Waals surface area contributed by atoms with E-state index in [-0.39, 0.29) is 17.0 Å². The van der Waals surface area contributed by atoms with Crippen molar-refractivity contribution in [1.29, 1.82) is 0 Å². The number of ketones is 1. The molecule has 0 saturated carbocycles. The number of rotatable bonds is 10. The molecular weight excluding hydrogens is 376 g/mol. The molecule has 0 spiro atoms. The van der Waals surface area contributed by atoms with E-state index in [1.807, 2.05) is 19.1 Å². The van der Waals surface area contributed by atoms with Gasteiger partial charge in [0.1, 0.15) is 0 Å². The van der Waals surface area contributed by atoms with E-state index in [9.17, 15) is 19.7 Å². The molecule has 0 aromatic heterocycles. The molecule has 0 fully saturated rings. The number of esters is 1.